The number of hydrogen-bond donors (Lipinski definition) is 3. The second-order valence-corrected chi connectivity index (χ2v) is 7.52. The number of hydrogen-bond acceptors (Lipinski definition) is 6. The Morgan fingerprint density at radius 2 is 1.62 bits per heavy atom. The van der Waals surface area contributed by atoms with Crippen molar-refractivity contribution >= 4 is 23.6 Å². The van der Waals surface area contributed by atoms with Gasteiger partial charge >= 0.3 is 6.09 Å². The van der Waals surface area contributed by atoms with E-state index in [4.69, 9.17) is 10.5 Å². The van der Waals surface area contributed by atoms with Gasteiger partial charge in [0, 0.05) is 18.6 Å². The predicted molar refractivity (Wildman–Crippen MR) is 116 cm³/mol. The SMILES string of the molecule is CC(C)[C@H](NC(=O)OCc1ccccc1)C(=O)N[C@@H](Cc1ccc([N+](=O)[O-])cc1)C(N)=O. The number of ether oxygens (including phenoxy) is 1. The number of carbonyl (C=O) groups is 3. The van der Waals surface area contributed by atoms with Crippen LogP contribution in [0.4, 0.5) is 10.5 Å². The van der Waals surface area contributed by atoms with Gasteiger partial charge in [0.2, 0.25) is 11.8 Å². The lowest BCUT2D eigenvalue weighted by Gasteiger charge is -2.24. The Labute approximate surface area is 185 Å². The fraction of sp³-hybridized carbons (Fsp3) is 0.318. The van der Waals surface area contributed by atoms with Gasteiger partial charge in [0.15, 0.2) is 0 Å². The number of alkyl carbamates (subject to hydrolysis) is 1. The molecule has 10 heteroatoms. The molecule has 2 aromatic rings. The number of carbonyl (C=O) groups excluding carboxylic acids is 3. The van der Waals surface area contributed by atoms with E-state index in [0.29, 0.717) is 5.56 Å². The fourth-order valence-electron chi connectivity index (χ4n) is 2.90. The molecule has 0 radical (unpaired) electrons. The summed E-state index contributed by atoms with van der Waals surface area (Å²) < 4.78 is 5.16. The van der Waals surface area contributed by atoms with E-state index < -0.39 is 34.9 Å². The smallest absolute Gasteiger partial charge is 0.408 e. The number of non-ortho nitro benzene ring substituents is 1. The average molecular weight is 442 g/mol. The van der Waals surface area contributed by atoms with Gasteiger partial charge in [0.25, 0.3) is 5.69 Å². The highest BCUT2D eigenvalue weighted by atomic mass is 16.6. The quantitative estimate of drug-likeness (QED) is 0.378. The first-order valence-corrected chi connectivity index (χ1v) is 9.97. The molecule has 0 spiro atoms. The molecule has 170 valence electrons. The highest BCUT2D eigenvalue weighted by Crippen LogP contribution is 2.13. The van der Waals surface area contributed by atoms with Crippen LogP contribution in [0, 0.1) is 16.0 Å². The van der Waals surface area contributed by atoms with Gasteiger partial charge in [-0.15, -0.1) is 0 Å². The van der Waals surface area contributed by atoms with E-state index in [-0.39, 0.29) is 24.6 Å². The summed E-state index contributed by atoms with van der Waals surface area (Å²) in [5.74, 6) is -1.67. The Hall–Kier alpha value is -3.95. The number of nitrogens with zero attached hydrogens (tertiary/aromatic N) is 1. The van der Waals surface area contributed by atoms with Crippen LogP contribution in [0.1, 0.15) is 25.0 Å². The molecule has 32 heavy (non-hydrogen) atoms. The normalized spacial score (nSPS) is 12.5. The Kier molecular flexibility index (Phi) is 8.70. The summed E-state index contributed by atoms with van der Waals surface area (Å²) in [6, 6.07) is 12.6. The molecule has 0 bridgehead atoms. The van der Waals surface area contributed by atoms with Crippen LogP contribution in [-0.4, -0.2) is 34.9 Å². The highest BCUT2D eigenvalue weighted by molar-refractivity contribution is 5.91. The number of amides is 3. The largest absolute Gasteiger partial charge is 0.445 e. The highest BCUT2D eigenvalue weighted by Gasteiger charge is 2.28. The molecule has 3 amide bonds. The standard InChI is InChI=1S/C22H26N4O6/c1-14(2)19(25-22(29)32-13-16-6-4-3-5-7-16)21(28)24-18(20(23)27)12-15-8-10-17(11-9-15)26(30)31/h3-11,14,18-19H,12-13H2,1-2H3,(H2,23,27)(H,24,28)(H,25,29)/t18-,19-/m0/s1. The van der Waals surface area contributed by atoms with Gasteiger partial charge in [-0.1, -0.05) is 56.3 Å². The number of nitro groups is 1. The van der Waals surface area contributed by atoms with Crippen molar-refractivity contribution in [1.29, 1.82) is 0 Å². The van der Waals surface area contributed by atoms with Crippen LogP contribution >= 0.6 is 0 Å². The van der Waals surface area contributed by atoms with Crippen LogP contribution in [-0.2, 0) is 27.4 Å². The van der Waals surface area contributed by atoms with E-state index in [2.05, 4.69) is 10.6 Å². The maximum absolute atomic E-state index is 12.8. The van der Waals surface area contributed by atoms with Crippen LogP contribution in [0.2, 0.25) is 0 Å². The van der Waals surface area contributed by atoms with Gasteiger partial charge in [-0.05, 0) is 17.0 Å². The topological polar surface area (TPSA) is 154 Å². The Morgan fingerprint density at radius 1 is 1.00 bits per heavy atom. The molecular formula is C22H26N4O6. The molecular weight excluding hydrogens is 416 g/mol. The van der Waals surface area contributed by atoms with Gasteiger partial charge in [0.1, 0.15) is 18.7 Å². The third-order valence-corrected chi connectivity index (χ3v) is 4.68. The minimum Gasteiger partial charge on any atom is -0.445 e. The maximum Gasteiger partial charge on any atom is 0.408 e. The second kappa shape index (κ2) is 11.4. The molecule has 2 rings (SSSR count). The van der Waals surface area contributed by atoms with Crippen molar-refractivity contribution in [1.82, 2.24) is 10.6 Å². The first-order valence-electron chi connectivity index (χ1n) is 9.97. The monoisotopic (exact) mass is 442 g/mol. The first kappa shape index (κ1) is 24.3. The van der Waals surface area contributed by atoms with Crippen LogP contribution in [0.5, 0.6) is 0 Å². The Bertz CT molecular complexity index is 947. The van der Waals surface area contributed by atoms with E-state index >= 15 is 0 Å². The lowest BCUT2D eigenvalue weighted by Crippen LogP contribution is -2.55. The lowest BCUT2D eigenvalue weighted by molar-refractivity contribution is -0.384. The molecule has 2 aromatic carbocycles. The molecule has 2 atom stereocenters. The molecule has 0 aromatic heterocycles. The number of benzene rings is 2. The minimum absolute atomic E-state index is 0.0440. The number of primary amides is 1. The first-order chi connectivity index (χ1) is 15.2. The van der Waals surface area contributed by atoms with Crippen LogP contribution < -0.4 is 16.4 Å². The zero-order valence-corrected chi connectivity index (χ0v) is 17.8. The van der Waals surface area contributed by atoms with Crippen molar-refractivity contribution < 1.29 is 24.0 Å². The van der Waals surface area contributed by atoms with Gasteiger partial charge in [0.05, 0.1) is 4.92 Å². The van der Waals surface area contributed by atoms with Crippen molar-refractivity contribution in [2.75, 3.05) is 0 Å². The van der Waals surface area contributed by atoms with Crippen molar-refractivity contribution in [2.45, 2.75) is 39.0 Å². The molecule has 0 saturated carbocycles. The van der Waals surface area contributed by atoms with E-state index in [1.807, 2.05) is 18.2 Å². The van der Waals surface area contributed by atoms with Gasteiger partial charge < -0.3 is 21.1 Å². The van der Waals surface area contributed by atoms with E-state index in [1.165, 1.54) is 24.3 Å². The number of nitro benzene ring substituents is 1. The van der Waals surface area contributed by atoms with Crippen molar-refractivity contribution in [3.05, 3.63) is 75.8 Å². The molecule has 0 saturated heterocycles. The predicted octanol–water partition coefficient (Wildman–Crippen LogP) is 2.06. The zero-order valence-electron chi connectivity index (χ0n) is 17.8. The minimum atomic E-state index is -1.06. The maximum atomic E-state index is 12.8. The Morgan fingerprint density at radius 3 is 2.16 bits per heavy atom. The van der Waals surface area contributed by atoms with Crippen molar-refractivity contribution in [2.24, 2.45) is 11.7 Å². The molecule has 0 fully saturated rings. The second-order valence-electron chi connectivity index (χ2n) is 7.52. The van der Waals surface area contributed by atoms with E-state index in [1.54, 1.807) is 26.0 Å². The Balaban J connectivity index is 1.99. The summed E-state index contributed by atoms with van der Waals surface area (Å²) in [5.41, 5.74) is 6.71. The number of nitrogens with one attached hydrogen (secondary N) is 2. The molecule has 0 heterocycles. The average Bonchev–Trinajstić information content (AvgIpc) is 2.76. The van der Waals surface area contributed by atoms with Crippen LogP contribution in [0.15, 0.2) is 54.6 Å². The summed E-state index contributed by atoms with van der Waals surface area (Å²) in [6.45, 7) is 3.51. The summed E-state index contributed by atoms with van der Waals surface area (Å²) in [4.78, 5) is 47.1. The summed E-state index contributed by atoms with van der Waals surface area (Å²) in [5, 5.41) is 15.8. The molecule has 0 aliphatic rings. The number of nitrogens with two attached hydrogens (primary N) is 1. The van der Waals surface area contributed by atoms with Crippen molar-refractivity contribution in [3.8, 4) is 0 Å². The molecule has 0 aliphatic carbocycles. The molecule has 10 nitrogen and oxygen atoms in total. The molecule has 0 aliphatic heterocycles. The van der Waals surface area contributed by atoms with E-state index in [9.17, 15) is 24.5 Å². The van der Waals surface area contributed by atoms with E-state index in [0.717, 1.165) is 5.56 Å². The molecule has 0 unspecified atom stereocenters. The van der Waals surface area contributed by atoms with Crippen molar-refractivity contribution in [3.63, 3.8) is 0 Å². The lowest BCUT2D eigenvalue weighted by atomic mass is 10.0. The summed E-state index contributed by atoms with van der Waals surface area (Å²) in [6.07, 6.45) is -0.726. The third-order valence-electron chi connectivity index (χ3n) is 4.68. The number of rotatable bonds is 10. The van der Waals surface area contributed by atoms with Gasteiger partial charge in [-0.25, -0.2) is 4.79 Å². The van der Waals surface area contributed by atoms with Gasteiger partial charge in [-0.2, -0.15) is 0 Å². The molecule has 4 N–H and O–H groups in total. The third kappa shape index (κ3) is 7.38. The fourth-order valence-corrected chi connectivity index (χ4v) is 2.90. The zero-order chi connectivity index (χ0) is 23.7. The van der Waals surface area contributed by atoms with Gasteiger partial charge in [-0.3, -0.25) is 19.7 Å². The summed E-state index contributed by atoms with van der Waals surface area (Å²) in [7, 11) is 0. The van der Waals surface area contributed by atoms with Crippen LogP contribution in [0.25, 0.3) is 0 Å². The van der Waals surface area contributed by atoms with Crippen LogP contribution in [0.3, 0.4) is 0 Å². The summed E-state index contributed by atoms with van der Waals surface area (Å²) >= 11 is 0.